The summed E-state index contributed by atoms with van der Waals surface area (Å²) in [5, 5.41) is 0. The van der Waals surface area contributed by atoms with Crippen LogP contribution in [-0.4, -0.2) is 49.3 Å². The molecule has 65 heavy (non-hydrogen) atoms. The second-order valence-electron chi connectivity index (χ2n) is 17.0. The van der Waals surface area contributed by atoms with E-state index >= 15 is 0 Å². The van der Waals surface area contributed by atoms with Crippen LogP contribution in [0.2, 0.25) is 0 Å². The third kappa shape index (κ3) is 50.4. The molecule has 0 radical (unpaired) electrons. The zero-order valence-corrected chi connectivity index (χ0v) is 42.3. The largest absolute Gasteiger partial charge is 0.472 e. The normalized spacial score (nSPS) is 13.8. The molecule has 0 aromatic rings. The van der Waals surface area contributed by atoms with Crippen molar-refractivity contribution < 1.29 is 37.6 Å². The quantitative estimate of drug-likeness (QED) is 0.0265. The third-order valence-corrected chi connectivity index (χ3v) is 11.7. The van der Waals surface area contributed by atoms with Gasteiger partial charge in [0.1, 0.15) is 6.61 Å². The number of unbranched alkanes of at least 4 members (excludes halogenated alkanes) is 21. The molecule has 0 amide bonds. The number of rotatable bonds is 48. The summed E-state index contributed by atoms with van der Waals surface area (Å²) in [5.41, 5.74) is 5.37. The van der Waals surface area contributed by atoms with Crippen LogP contribution in [0.3, 0.4) is 0 Å². The minimum atomic E-state index is -4.39. The van der Waals surface area contributed by atoms with Crippen LogP contribution in [0.1, 0.15) is 219 Å². The molecule has 0 aromatic heterocycles. The summed E-state index contributed by atoms with van der Waals surface area (Å²) >= 11 is 0. The van der Waals surface area contributed by atoms with Gasteiger partial charge >= 0.3 is 19.8 Å². The molecule has 0 spiro atoms. The van der Waals surface area contributed by atoms with Gasteiger partial charge in [0, 0.05) is 19.4 Å². The molecule has 0 aliphatic carbocycles. The molecule has 0 aromatic carbocycles. The third-order valence-electron chi connectivity index (χ3n) is 10.8. The van der Waals surface area contributed by atoms with Crippen LogP contribution >= 0.6 is 7.82 Å². The zero-order valence-electron chi connectivity index (χ0n) is 41.4. The van der Waals surface area contributed by atoms with Crippen molar-refractivity contribution in [2.75, 3.05) is 26.4 Å². The van der Waals surface area contributed by atoms with Crippen LogP contribution in [0.15, 0.2) is 85.1 Å². The molecule has 10 heteroatoms. The number of ether oxygens (including phenoxy) is 2. The lowest BCUT2D eigenvalue weighted by atomic mass is 10.0. The minimum absolute atomic E-state index is 0.0480. The van der Waals surface area contributed by atoms with E-state index < -0.39 is 32.5 Å². The van der Waals surface area contributed by atoms with Crippen LogP contribution in [0.4, 0.5) is 0 Å². The Bertz CT molecular complexity index is 1340. The van der Waals surface area contributed by atoms with Crippen molar-refractivity contribution in [3.63, 3.8) is 0 Å². The maximum absolute atomic E-state index is 12.7. The van der Waals surface area contributed by atoms with Gasteiger partial charge in [0.2, 0.25) is 0 Å². The summed E-state index contributed by atoms with van der Waals surface area (Å²) in [4.78, 5) is 35.0. The van der Waals surface area contributed by atoms with Gasteiger partial charge < -0.3 is 20.1 Å². The summed E-state index contributed by atoms with van der Waals surface area (Å²) in [7, 11) is -4.39. The SMILES string of the molecule is CC/C=C\C/C=C\C/C=C\C/C=C\C/C=C\CCCCCCCCCCCCCCCC(=O)OC(COC(=O)CCCCCCC/C=C\C/C=C\CCCCC)COP(=O)(O)OCCN. The molecule has 2 atom stereocenters. The Morgan fingerprint density at radius 3 is 1.26 bits per heavy atom. The number of phosphoric acid groups is 1. The second kappa shape index (κ2) is 50.6. The average molecular weight is 930 g/mol. The first-order chi connectivity index (χ1) is 31.8. The highest BCUT2D eigenvalue weighted by Crippen LogP contribution is 2.43. The molecule has 2 unspecified atom stereocenters. The van der Waals surface area contributed by atoms with E-state index in [1.807, 2.05) is 0 Å². The molecule has 0 bridgehead atoms. The molecule has 9 nitrogen and oxygen atoms in total. The molecule has 0 rings (SSSR count). The number of hydrogen-bond acceptors (Lipinski definition) is 8. The lowest BCUT2D eigenvalue weighted by Gasteiger charge is -2.19. The second-order valence-corrected chi connectivity index (χ2v) is 18.5. The maximum Gasteiger partial charge on any atom is 0.472 e. The van der Waals surface area contributed by atoms with Crippen LogP contribution in [0, 0.1) is 0 Å². The van der Waals surface area contributed by atoms with Gasteiger partial charge in [0.05, 0.1) is 13.2 Å². The van der Waals surface area contributed by atoms with E-state index in [0.29, 0.717) is 12.8 Å². The van der Waals surface area contributed by atoms with Crippen molar-refractivity contribution >= 4 is 19.8 Å². The van der Waals surface area contributed by atoms with E-state index in [1.165, 1.54) is 89.9 Å². The topological polar surface area (TPSA) is 134 Å². The number of hydrogen-bond donors (Lipinski definition) is 2. The highest BCUT2D eigenvalue weighted by molar-refractivity contribution is 7.47. The van der Waals surface area contributed by atoms with Gasteiger partial charge in [-0.25, -0.2) is 4.57 Å². The lowest BCUT2D eigenvalue weighted by molar-refractivity contribution is -0.161. The highest BCUT2D eigenvalue weighted by atomic mass is 31.2. The van der Waals surface area contributed by atoms with Crippen LogP contribution in [0.5, 0.6) is 0 Å². The fourth-order valence-electron chi connectivity index (χ4n) is 6.93. The van der Waals surface area contributed by atoms with E-state index in [1.54, 1.807) is 0 Å². The Kier molecular flexibility index (Phi) is 48.4. The zero-order chi connectivity index (χ0) is 47.4. The van der Waals surface area contributed by atoms with E-state index in [0.717, 1.165) is 89.9 Å². The van der Waals surface area contributed by atoms with Crippen LogP contribution < -0.4 is 5.73 Å². The summed E-state index contributed by atoms with van der Waals surface area (Å²) in [6.45, 7) is 3.58. The molecule has 0 saturated carbocycles. The fourth-order valence-corrected chi connectivity index (χ4v) is 7.69. The fraction of sp³-hybridized carbons (Fsp3) is 0.709. The van der Waals surface area contributed by atoms with Crippen LogP contribution in [-0.2, 0) is 32.7 Å². The van der Waals surface area contributed by atoms with Crippen molar-refractivity contribution in [2.45, 2.75) is 225 Å². The van der Waals surface area contributed by atoms with Gasteiger partial charge in [0.15, 0.2) is 6.10 Å². The molecule has 3 N–H and O–H groups in total. The van der Waals surface area contributed by atoms with Gasteiger partial charge in [-0.1, -0.05) is 202 Å². The first-order valence-corrected chi connectivity index (χ1v) is 27.6. The Morgan fingerprint density at radius 2 is 0.846 bits per heavy atom. The van der Waals surface area contributed by atoms with E-state index in [4.69, 9.17) is 24.3 Å². The number of phosphoric ester groups is 1. The van der Waals surface area contributed by atoms with E-state index in [9.17, 15) is 19.0 Å². The average Bonchev–Trinajstić information content (AvgIpc) is 3.30. The van der Waals surface area contributed by atoms with Gasteiger partial charge in [-0.3, -0.25) is 18.6 Å². The molecule has 0 aliphatic heterocycles. The van der Waals surface area contributed by atoms with Crippen LogP contribution in [0.25, 0.3) is 0 Å². The number of carbonyl (C=O) groups is 2. The van der Waals surface area contributed by atoms with Crippen molar-refractivity contribution in [1.29, 1.82) is 0 Å². The molecule has 0 saturated heterocycles. The van der Waals surface area contributed by atoms with Crippen molar-refractivity contribution in [1.82, 2.24) is 0 Å². The van der Waals surface area contributed by atoms with Gasteiger partial charge in [-0.2, -0.15) is 0 Å². The molecule has 0 aliphatic rings. The van der Waals surface area contributed by atoms with Gasteiger partial charge in [0.25, 0.3) is 0 Å². The first-order valence-electron chi connectivity index (χ1n) is 26.1. The molecule has 0 heterocycles. The van der Waals surface area contributed by atoms with Crippen molar-refractivity contribution in [2.24, 2.45) is 5.73 Å². The highest BCUT2D eigenvalue weighted by Gasteiger charge is 2.26. The molecular formula is C55H96NO8P. The number of esters is 2. The summed E-state index contributed by atoms with van der Waals surface area (Å²) in [6, 6.07) is 0. The number of nitrogens with two attached hydrogens (primary N) is 1. The Labute approximate surface area is 398 Å². The molecular weight excluding hydrogens is 834 g/mol. The van der Waals surface area contributed by atoms with Crippen molar-refractivity contribution in [3.05, 3.63) is 85.1 Å². The summed E-state index contributed by atoms with van der Waals surface area (Å²) in [5.74, 6) is -0.847. The van der Waals surface area contributed by atoms with Gasteiger partial charge in [-0.05, 0) is 89.9 Å². The predicted molar refractivity (Wildman–Crippen MR) is 275 cm³/mol. The smallest absolute Gasteiger partial charge is 0.462 e. The standard InChI is InChI=1S/C55H96NO8P/c1-3-5-7-9-11-13-15-17-19-20-21-22-23-24-25-26-27-28-29-30-31-32-34-36-38-40-42-44-46-48-55(58)64-53(52-63-65(59,60)62-50-49-56)51-61-54(57)47-45-43-41-39-37-35-33-18-16-14-12-10-8-6-4-2/h5,7,11-14,17-19,21-22,24-25,33,53H,3-4,6,8-10,15-16,20,23,26-32,34-52,56H2,1-2H3,(H,59,60)/b7-5-,13-11-,14-12-,19-17-,22-21-,25-24-,33-18-. The number of allylic oxidation sites excluding steroid dienone is 14. The maximum atomic E-state index is 12.7. The van der Waals surface area contributed by atoms with E-state index in [-0.39, 0.29) is 32.6 Å². The Morgan fingerprint density at radius 1 is 0.477 bits per heavy atom. The predicted octanol–water partition coefficient (Wildman–Crippen LogP) is 16.0. The lowest BCUT2D eigenvalue weighted by Crippen LogP contribution is -2.29. The summed E-state index contributed by atoms with van der Waals surface area (Å²) in [6.07, 6.45) is 64.8. The summed E-state index contributed by atoms with van der Waals surface area (Å²) < 4.78 is 32.9. The first kappa shape index (κ1) is 62.2. The number of carbonyl (C=O) groups excluding carboxylic acids is 2. The van der Waals surface area contributed by atoms with E-state index in [2.05, 4.69) is 98.9 Å². The molecule has 0 fully saturated rings. The van der Waals surface area contributed by atoms with Crippen molar-refractivity contribution in [3.8, 4) is 0 Å². The Hall–Kier alpha value is -2.81. The minimum Gasteiger partial charge on any atom is -0.462 e. The van der Waals surface area contributed by atoms with Gasteiger partial charge in [-0.15, -0.1) is 0 Å². The monoisotopic (exact) mass is 930 g/mol. The molecule has 374 valence electrons. The Balaban J connectivity index is 4.01.